The number of rotatable bonds is 6. The molecular weight excluding hydrogens is 368 g/mol. The summed E-state index contributed by atoms with van der Waals surface area (Å²) in [5, 5.41) is 14.0. The van der Waals surface area contributed by atoms with E-state index in [4.69, 9.17) is 11.6 Å². The number of fused-ring (bicyclic) bond motifs is 1. The lowest BCUT2D eigenvalue weighted by atomic mass is 10.2. The molecule has 1 amide bonds. The molecule has 0 atom stereocenters. The summed E-state index contributed by atoms with van der Waals surface area (Å²) >= 11 is 5.73. The van der Waals surface area contributed by atoms with E-state index >= 15 is 0 Å². The minimum atomic E-state index is -3.65. The van der Waals surface area contributed by atoms with E-state index in [1.165, 1.54) is 34.8 Å². The van der Waals surface area contributed by atoms with E-state index < -0.39 is 10.0 Å². The van der Waals surface area contributed by atoms with Crippen molar-refractivity contribution < 1.29 is 13.2 Å². The van der Waals surface area contributed by atoms with Gasteiger partial charge in [-0.3, -0.25) is 4.79 Å². The second kappa shape index (κ2) is 7.13. The molecule has 0 aliphatic heterocycles. The molecule has 0 saturated carbocycles. The highest BCUT2D eigenvalue weighted by atomic mass is 35.5. The molecule has 2 heterocycles. The fourth-order valence-electron chi connectivity index (χ4n) is 2.04. The summed E-state index contributed by atoms with van der Waals surface area (Å²) in [6.07, 6.45) is 1.56. The van der Waals surface area contributed by atoms with Crippen LogP contribution in [-0.4, -0.2) is 47.5 Å². The first-order chi connectivity index (χ1) is 12.0. The van der Waals surface area contributed by atoms with Gasteiger partial charge < -0.3 is 5.32 Å². The zero-order valence-corrected chi connectivity index (χ0v) is 14.3. The fourth-order valence-corrected chi connectivity index (χ4v) is 3.20. The van der Waals surface area contributed by atoms with Crippen molar-refractivity contribution in [3.05, 3.63) is 53.2 Å². The predicted molar refractivity (Wildman–Crippen MR) is 89.8 cm³/mol. The number of pyridine rings is 1. The third kappa shape index (κ3) is 4.10. The lowest BCUT2D eigenvalue weighted by molar-refractivity contribution is 0.0954. The Morgan fingerprint density at radius 1 is 1.16 bits per heavy atom. The third-order valence-corrected chi connectivity index (χ3v) is 5.02. The minimum Gasteiger partial charge on any atom is -0.351 e. The van der Waals surface area contributed by atoms with Crippen molar-refractivity contribution >= 4 is 33.2 Å². The summed E-state index contributed by atoms with van der Waals surface area (Å²) < 4.78 is 28.0. The summed E-state index contributed by atoms with van der Waals surface area (Å²) in [7, 11) is -3.65. The van der Waals surface area contributed by atoms with Crippen LogP contribution in [-0.2, 0) is 10.0 Å². The van der Waals surface area contributed by atoms with E-state index in [0.29, 0.717) is 16.2 Å². The highest BCUT2D eigenvalue weighted by Gasteiger charge is 2.13. The summed E-state index contributed by atoms with van der Waals surface area (Å²) in [6.45, 7) is 0.174. The maximum atomic E-state index is 12.1. The average Bonchev–Trinajstić information content (AvgIpc) is 3.06. The molecular formula is C14H13ClN6O3S. The summed E-state index contributed by atoms with van der Waals surface area (Å²) in [6, 6.07) is 8.90. The smallest absolute Gasteiger partial charge is 0.251 e. The van der Waals surface area contributed by atoms with Crippen molar-refractivity contribution in [1.82, 2.24) is 30.1 Å². The standard InChI is InChI=1S/C14H13ClN6O3S/c15-11-1-3-12(4-2-11)25(23,24)17-7-6-16-14(22)10-5-8-21-13(9-10)18-19-20-21/h1-5,8-9,17H,6-7H2,(H,16,22). The molecule has 9 nitrogen and oxygen atoms in total. The minimum absolute atomic E-state index is 0.0471. The first-order valence-corrected chi connectivity index (χ1v) is 9.03. The first kappa shape index (κ1) is 17.3. The fraction of sp³-hybridized carbons (Fsp3) is 0.143. The van der Waals surface area contributed by atoms with Gasteiger partial charge in [0.2, 0.25) is 10.0 Å². The maximum absolute atomic E-state index is 12.1. The van der Waals surface area contributed by atoms with Crippen LogP contribution < -0.4 is 10.0 Å². The number of hydrogen-bond donors (Lipinski definition) is 2. The van der Waals surface area contributed by atoms with Crippen molar-refractivity contribution in [1.29, 1.82) is 0 Å². The van der Waals surface area contributed by atoms with E-state index in [-0.39, 0.29) is 23.9 Å². The Balaban J connectivity index is 1.53. The Hall–Kier alpha value is -2.56. The first-order valence-electron chi connectivity index (χ1n) is 7.17. The average molecular weight is 381 g/mol. The number of benzene rings is 1. The highest BCUT2D eigenvalue weighted by Crippen LogP contribution is 2.13. The molecule has 0 saturated heterocycles. The Kier molecular flexibility index (Phi) is 4.93. The van der Waals surface area contributed by atoms with Gasteiger partial charge >= 0.3 is 0 Å². The largest absolute Gasteiger partial charge is 0.351 e. The molecule has 0 fully saturated rings. The number of hydrogen-bond acceptors (Lipinski definition) is 6. The van der Waals surface area contributed by atoms with Crippen LogP contribution >= 0.6 is 11.6 Å². The van der Waals surface area contributed by atoms with Crippen LogP contribution in [0.3, 0.4) is 0 Å². The second-order valence-electron chi connectivity index (χ2n) is 5.00. The molecule has 0 unspecified atom stereocenters. The number of tetrazole rings is 1. The molecule has 11 heteroatoms. The van der Waals surface area contributed by atoms with E-state index in [2.05, 4.69) is 25.6 Å². The molecule has 25 heavy (non-hydrogen) atoms. The Morgan fingerprint density at radius 3 is 2.68 bits per heavy atom. The monoisotopic (exact) mass is 380 g/mol. The van der Waals surface area contributed by atoms with E-state index in [9.17, 15) is 13.2 Å². The zero-order valence-electron chi connectivity index (χ0n) is 12.8. The third-order valence-electron chi connectivity index (χ3n) is 3.29. The molecule has 2 N–H and O–H groups in total. The van der Waals surface area contributed by atoms with Gasteiger partial charge in [0.05, 0.1) is 4.90 Å². The lowest BCUT2D eigenvalue weighted by Crippen LogP contribution is -2.34. The number of sulfonamides is 1. The molecule has 2 aromatic heterocycles. The molecule has 3 aromatic rings. The van der Waals surface area contributed by atoms with Gasteiger partial charge in [0.25, 0.3) is 5.91 Å². The zero-order chi connectivity index (χ0) is 17.9. The lowest BCUT2D eigenvalue weighted by Gasteiger charge is -2.08. The molecule has 130 valence electrons. The predicted octanol–water partition coefficient (Wildman–Crippen LogP) is 0.486. The van der Waals surface area contributed by atoms with Crippen LogP contribution in [0.2, 0.25) is 5.02 Å². The van der Waals surface area contributed by atoms with Crippen molar-refractivity contribution in [2.75, 3.05) is 13.1 Å². The van der Waals surface area contributed by atoms with E-state index in [0.717, 1.165) is 0 Å². The molecule has 3 rings (SSSR count). The number of halogens is 1. The van der Waals surface area contributed by atoms with Crippen molar-refractivity contribution in [3.8, 4) is 0 Å². The molecule has 0 aliphatic carbocycles. The van der Waals surface area contributed by atoms with Crippen molar-refractivity contribution in [3.63, 3.8) is 0 Å². The molecule has 0 radical (unpaired) electrons. The molecule has 0 spiro atoms. The quantitative estimate of drug-likeness (QED) is 0.601. The van der Waals surface area contributed by atoms with Crippen LogP contribution in [0.15, 0.2) is 47.5 Å². The summed E-state index contributed by atoms with van der Waals surface area (Å²) in [4.78, 5) is 12.2. The Morgan fingerprint density at radius 2 is 1.92 bits per heavy atom. The number of nitrogens with zero attached hydrogens (tertiary/aromatic N) is 4. The van der Waals surface area contributed by atoms with Crippen molar-refractivity contribution in [2.24, 2.45) is 0 Å². The Labute approximate surface area is 148 Å². The summed E-state index contributed by atoms with van der Waals surface area (Å²) in [5.74, 6) is -0.351. The second-order valence-corrected chi connectivity index (χ2v) is 7.21. The summed E-state index contributed by atoms with van der Waals surface area (Å²) in [5.41, 5.74) is 0.818. The van der Waals surface area contributed by atoms with Crippen LogP contribution in [0.4, 0.5) is 0 Å². The number of amides is 1. The molecule has 1 aromatic carbocycles. The SMILES string of the molecule is O=C(NCCNS(=O)(=O)c1ccc(Cl)cc1)c1ccn2nnnc2c1. The maximum Gasteiger partial charge on any atom is 0.251 e. The van der Waals surface area contributed by atoms with Gasteiger partial charge in [0.1, 0.15) is 0 Å². The van der Waals surface area contributed by atoms with Gasteiger partial charge in [-0.1, -0.05) is 11.6 Å². The van der Waals surface area contributed by atoms with E-state index in [1.54, 1.807) is 12.3 Å². The highest BCUT2D eigenvalue weighted by molar-refractivity contribution is 7.89. The van der Waals surface area contributed by atoms with Crippen molar-refractivity contribution in [2.45, 2.75) is 4.90 Å². The van der Waals surface area contributed by atoms with Gasteiger partial charge in [0.15, 0.2) is 5.65 Å². The number of carbonyl (C=O) groups is 1. The van der Waals surface area contributed by atoms with Crippen LogP contribution in [0.1, 0.15) is 10.4 Å². The van der Waals surface area contributed by atoms with Gasteiger partial charge in [-0.25, -0.2) is 17.7 Å². The molecule has 0 bridgehead atoms. The van der Waals surface area contributed by atoms with Crippen LogP contribution in [0, 0.1) is 0 Å². The van der Waals surface area contributed by atoms with Gasteiger partial charge in [-0.15, -0.1) is 5.10 Å². The van der Waals surface area contributed by atoms with E-state index in [1.807, 2.05) is 0 Å². The van der Waals surface area contributed by atoms with Gasteiger partial charge in [0, 0.05) is 29.9 Å². The topological polar surface area (TPSA) is 118 Å². The molecule has 0 aliphatic rings. The Bertz CT molecular complexity index is 1000. The van der Waals surface area contributed by atoms with Gasteiger partial charge in [-0.05, 0) is 46.8 Å². The van der Waals surface area contributed by atoms with Crippen LogP contribution in [0.5, 0.6) is 0 Å². The van der Waals surface area contributed by atoms with Crippen LogP contribution in [0.25, 0.3) is 5.65 Å². The van der Waals surface area contributed by atoms with Gasteiger partial charge in [-0.2, -0.15) is 0 Å². The number of nitrogens with one attached hydrogen (secondary N) is 2. The normalized spacial score (nSPS) is 11.6. The number of aromatic nitrogens is 4. The number of carbonyl (C=O) groups excluding carboxylic acids is 1.